The molecule has 2 heterocycles. The van der Waals surface area contributed by atoms with Crippen molar-refractivity contribution >= 4 is 50.3 Å². The number of halogens is 1. The second-order valence-corrected chi connectivity index (χ2v) is 5.50. The van der Waals surface area contributed by atoms with Gasteiger partial charge in [0.25, 0.3) is 0 Å². The van der Waals surface area contributed by atoms with E-state index in [0.29, 0.717) is 10.7 Å². The Morgan fingerprint density at radius 3 is 2.71 bits per heavy atom. The molecule has 0 bridgehead atoms. The molecule has 3 nitrogen and oxygen atoms in total. The Labute approximate surface area is 125 Å². The number of pyridine rings is 1. The fraction of sp³-hybridized carbons (Fsp3) is 0.0588. The van der Waals surface area contributed by atoms with E-state index >= 15 is 0 Å². The van der Waals surface area contributed by atoms with E-state index in [0.717, 1.165) is 27.2 Å². The normalized spacial score (nSPS) is 11.5. The van der Waals surface area contributed by atoms with Crippen molar-refractivity contribution in [1.29, 1.82) is 0 Å². The first-order valence-corrected chi connectivity index (χ1v) is 7.03. The summed E-state index contributed by atoms with van der Waals surface area (Å²) in [5.41, 5.74) is 2.41. The standard InChI is InChI=1S/C17H11ClN2O/c1-10(21)20-16-5-3-2-4-13(16)14-9-11-8-12(18)6-7-15(11)19-17(14)20/h2-9H,1H3. The lowest BCUT2D eigenvalue weighted by molar-refractivity contribution is 0.0946. The Morgan fingerprint density at radius 1 is 1.10 bits per heavy atom. The summed E-state index contributed by atoms with van der Waals surface area (Å²) in [6.07, 6.45) is 0. The summed E-state index contributed by atoms with van der Waals surface area (Å²) < 4.78 is 1.67. The molecule has 0 N–H and O–H groups in total. The highest BCUT2D eigenvalue weighted by Gasteiger charge is 2.15. The zero-order valence-electron chi connectivity index (χ0n) is 11.3. The first kappa shape index (κ1) is 12.4. The molecule has 102 valence electrons. The molecule has 0 atom stereocenters. The predicted molar refractivity (Wildman–Crippen MR) is 86.1 cm³/mol. The molecular weight excluding hydrogens is 284 g/mol. The van der Waals surface area contributed by atoms with Gasteiger partial charge in [-0.1, -0.05) is 29.8 Å². The van der Waals surface area contributed by atoms with Gasteiger partial charge in [0.05, 0.1) is 11.0 Å². The number of benzene rings is 2. The molecule has 0 fully saturated rings. The van der Waals surface area contributed by atoms with Crippen LogP contribution in [0.25, 0.3) is 32.8 Å². The number of carbonyl (C=O) groups is 1. The van der Waals surface area contributed by atoms with Crippen molar-refractivity contribution in [3.63, 3.8) is 0 Å². The van der Waals surface area contributed by atoms with Crippen LogP contribution in [0.3, 0.4) is 0 Å². The van der Waals surface area contributed by atoms with E-state index in [2.05, 4.69) is 4.98 Å². The maximum absolute atomic E-state index is 12.0. The number of hydrogen-bond donors (Lipinski definition) is 0. The zero-order chi connectivity index (χ0) is 14.6. The Bertz CT molecular complexity index is 1030. The number of hydrogen-bond acceptors (Lipinski definition) is 2. The van der Waals surface area contributed by atoms with Crippen LogP contribution in [-0.4, -0.2) is 15.5 Å². The maximum atomic E-state index is 12.0. The molecule has 0 unspecified atom stereocenters. The van der Waals surface area contributed by atoms with Gasteiger partial charge in [-0.05, 0) is 30.3 Å². The lowest BCUT2D eigenvalue weighted by Crippen LogP contribution is -2.05. The van der Waals surface area contributed by atoms with E-state index in [-0.39, 0.29) is 5.91 Å². The summed E-state index contributed by atoms with van der Waals surface area (Å²) in [5, 5.41) is 3.65. The Balaban J connectivity index is 2.28. The summed E-state index contributed by atoms with van der Waals surface area (Å²) >= 11 is 6.06. The van der Waals surface area contributed by atoms with Crippen molar-refractivity contribution in [2.24, 2.45) is 0 Å². The lowest BCUT2D eigenvalue weighted by Gasteiger charge is -2.02. The van der Waals surface area contributed by atoms with Crippen molar-refractivity contribution in [1.82, 2.24) is 9.55 Å². The molecule has 4 aromatic rings. The minimum absolute atomic E-state index is 0.0398. The SMILES string of the molecule is CC(=O)n1c2ccccc2c2cc3cc(Cl)ccc3nc21. The van der Waals surface area contributed by atoms with Gasteiger partial charge >= 0.3 is 0 Å². The number of carbonyl (C=O) groups excluding carboxylic acids is 1. The van der Waals surface area contributed by atoms with E-state index in [1.165, 1.54) is 0 Å². The zero-order valence-corrected chi connectivity index (χ0v) is 12.1. The molecule has 21 heavy (non-hydrogen) atoms. The van der Waals surface area contributed by atoms with Crippen LogP contribution in [0.15, 0.2) is 48.5 Å². The molecule has 2 aromatic carbocycles. The molecule has 0 saturated heterocycles. The van der Waals surface area contributed by atoms with E-state index in [9.17, 15) is 4.79 Å². The van der Waals surface area contributed by atoms with Gasteiger partial charge in [0.2, 0.25) is 5.91 Å². The fourth-order valence-electron chi connectivity index (χ4n) is 2.84. The minimum atomic E-state index is -0.0398. The van der Waals surface area contributed by atoms with Gasteiger partial charge in [0.15, 0.2) is 0 Å². The van der Waals surface area contributed by atoms with E-state index in [1.54, 1.807) is 11.5 Å². The van der Waals surface area contributed by atoms with Crippen molar-refractivity contribution < 1.29 is 4.79 Å². The minimum Gasteiger partial charge on any atom is -0.274 e. The number of aromatic nitrogens is 2. The van der Waals surface area contributed by atoms with Gasteiger partial charge in [-0.15, -0.1) is 0 Å². The molecule has 0 radical (unpaired) electrons. The Hall–Kier alpha value is -2.39. The smallest absolute Gasteiger partial charge is 0.229 e. The summed E-state index contributed by atoms with van der Waals surface area (Å²) in [6.45, 7) is 1.56. The van der Waals surface area contributed by atoms with Crippen LogP contribution in [0.4, 0.5) is 0 Å². The average molecular weight is 295 g/mol. The van der Waals surface area contributed by atoms with Crippen molar-refractivity contribution in [2.75, 3.05) is 0 Å². The van der Waals surface area contributed by atoms with E-state index in [4.69, 9.17) is 11.6 Å². The molecule has 0 aliphatic heterocycles. The van der Waals surface area contributed by atoms with Crippen LogP contribution >= 0.6 is 11.6 Å². The first-order chi connectivity index (χ1) is 10.1. The summed E-state index contributed by atoms with van der Waals surface area (Å²) in [7, 11) is 0. The van der Waals surface area contributed by atoms with E-state index in [1.807, 2.05) is 48.5 Å². The van der Waals surface area contributed by atoms with Crippen LogP contribution < -0.4 is 0 Å². The van der Waals surface area contributed by atoms with Gasteiger partial charge in [-0.3, -0.25) is 9.36 Å². The van der Waals surface area contributed by atoms with Crippen molar-refractivity contribution in [3.8, 4) is 0 Å². The van der Waals surface area contributed by atoms with Gasteiger partial charge in [0, 0.05) is 28.1 Å². The maximum Gasteiger partial charge on any atom is 0.229 e. The van der Waals surface area contributed by atoms with E-state index < -0.39 is 0 Å². The predicted octanol–water partition coefficient (Wildman–Crippen LogP) is 4.66. The van der Waals surface area contributed by atoms with Crippen LogP contribution in [0.2, 0.25) is 5.02 Å². The fourth-order valence-corrected chi connectivity index (χ4v) is 3.02. The van der Waals surface area contributed by atoms with Crippen LogP contribution in [0.1, 0.15) is 11.7 Å². The summed E-state index contributed by atoms with van der Waals surface area (Å²) in [5.74, 6) is -0.0398. The first-order valence-electron chi connectivity index (χ1n) is 6.65. The Morgan fingerprint density at radius 2 is 1.90 bits per heavy atom. The molecular formula is C17H11ClN2O. The van der Waals surface area contributed by atoms with Crippen LogP contribution in [-0.2, 0) is 0 Å². The third-order valence-corrected chi connectivity index (χ3v) is 3.95. The number of nitrogens with zero attached hydrogens (tertiary/aromatic N) is 2. The molecule has 0 amide bonds. The van der Waals surface area contributed by atoms with Crippen molar-refractivity contribution in [3.05, 3.63) is 53.6 Å². The molecule has 0 aliphatic rings. The molecule has 4 rings (SSSR count). The highest BCUT2D eigenvalue weighted by molar-refractivity contribution is 6.31. The van der Waals surface area contributed by atoms with Crippen molar-refractivity contribution in [2.45, 2.75) is 6.92 Å². The quantitative estimate of drug-likeness (QED) is 0.473. The highest BCUT2D eigenvalue weighted by Crippen LogP contribution is 2.31. The number of fused-ring (bicyclic) bond motifs is 4. The second-order valence-electron chi connectivity index (χ2n) is 5.07. The largest absolute Gasteiger partial charge is 0.274 e. The van der Waals surface area contributed by atoms with Gasteiger partial charge in [0.1, 0.15) is 5.65 Å². The summed E-state index contributed by atoms with van der Waals surface area (Å²) in [4.78, 5) is 16.7. The molecule has 0 aliphatic carbocycles. The number of rotatable bonds is 0. The van der Waals surface area contributed by atoms with Crippen LogP contribution in [0.5, 0.6) is 0 Å². The molecule has 4 heteroatoms. The van der Waals surface area contributed by atoms with Gasteiger partial charge in [-0.2, -0.15) is 0 Å². The second kappa shape index (κ2) is 4.30. The molecule has 0 spiro atoms. The Kier molecular flexibility index (Phi) is 2.53. The highest BCUT2D eigenvalue weighted by atomic mass is 35.5. The van der Waals surface area contributed by atoms with Gasteiger partial charge in [-0.25, -0.2) is 4.98 Å². The summed E-state index contributed by atoms with van der Waals surface area (Å²) in [6, 6.07) is 15.5. The van der Waals surface area contributed by atoms with Gasteiger partial charge < -0.3 is 0 Å². The molecule has 0 saturated carbocycles. The number of para-hydroxylation sites is 1. The monoisotopic (exact) mass is 294 g/mol. The van der Waals surface area contributed by atoms with Crippen LogP contribution in [0, 0.1) is 0 Å². The molecule has 2 aromatic heterocycles. The third kappa shape index (κ3) is 1.74. The third-order valence-electron chi connectivity index (χ3n) is 3.72. The lowest BCUT2D eigenvalue weighted by atomic mass is 10.1. The average Bonchev–Trinajstić information content (AvgIpc) is 2.78. The topological polar surface area (TPSA) is 34.9 Å².